The van der Waals surface area contributed by atoms with Crippen LogP contribution in [0.1, 0.15) is 38.3 Å². The van der Waals surface area contributed by atoms with Gasteiger partial charge in [-0.3, -0.25) is 4.79 Å². The lowest BCUT2D eigenvalue weighted by atomic mass is 10.0. The summed E-state index contributed by atoms with van der Waals surface area (Å²) in [4.78, 5) is 26.6. The lowest BCUT2D eigenvalue weighted by Gasteiger charge is -2.07. The van der Waals surface area contributed by atoms with Gasteiger partial charge in [0.25, 0.3) is 0 Å². The number of nitrogens with two attached hydrogens (primary N) is 1. The van der Waals surface area contributed by atoms with Crippen molar-refractivity contribution in [2.75, 3.05) is 0 Å². The molecule has 120 valence electrons. The molecular weight excluding hydrogens is 270 g/mol. The van der Waals surface area contributed by atoms with Gasteiger partial charge in [0.05, 0.1) is 0 Å². The Balaban J connectivity index is -0.000000478. The van der Waals surface area contributed by atoms with Gasteiger partial charge in [0, 0.05) is 0 Å². The fraction of sp³-hybridized carbons (Fsp3) is 0.438. The molecule has 0 aromatic heterocycles. The smallest absolute Gasteiger partial charge is 0.320 e. The van der Waals surface area contributed by atoms with Crippen molar-refractivity contribution in [1.82, 2.24) is 0 Å². The van der Waals surface area contributed by atoms with Crippen molar-refractivity contribution < 1.29 is 19.5 Å². The van der Waals surface area contributed by atoms with E-state index in [1.165, 1.54) is 5.56 Å². The van der Waals surface area contributed by atoms with Crippen LogP contribution in [0.2, 0.25) is 0 Å². The van der Waals surface area contributed by atoms with Gasteiger partial charge in [0.2, 0.25) is 0 Å². The van der Waals surface area contributed by atoms with Gasteiger partial charge in [0.1, 0.15) is 19.6 Å². The lowest BCUT2D eigenvalue weighted by Crippen LogP contribution is -2.32. The number of benzene rings is 1. The second-order valence-corrected chi connectivity index (χ2v) is 3.72. The van der Waals surface area contributed by atoms with E-state index in [4.69, 9.17) is 20.4 Å². The van der Waals surface area contributed by atoms with Crippen molar-refractivity contribution >= 4 is 19.5 Å². The summed E-state index contributed by atoms with van der Waals surface area (Å²) in [5, 5.41) is 8.69. The summed E-state index contributed by atoms with van der Waals surface area (Å²) in [5.74, 6) is -0.948. The molecule has 0 spiro atoms. The molecule has 5 nitrogen and oxygen atoms in total. The van der Waals surface area contributed by atoms with Crippen LogP contribution in [0.4, 0.5) is 0 Å². The van der Waals surface area contributed by atoms with Crippen molar-refractivity contribution in [2.45, 2.75) is 46.1 Å². The number of rotatable bonds is 5. The number of hydrogen-bond acceptors (Lipinski definition) is 4. The third kappa shape index (κ3) is 12.8. The molecule has 0 amide bonds. The van der Waals surface area contributed by atoms with Gasteiger partial charge in [-0.05, 0) is 24.0 Å². The van der Waals surface area contributed by atoms with E-state index in [2.05, 4.69) is 13.0 Å². The average Bonchev–Trinajstić information content (AvgIpc) is 2.54. The van der Waals surface area contributed by atoms with E-state index in [0.717, 1.165) is 18.4 Å². The predicted octanol–water partition coefficient (Wildman–Crippen LogP) is 2.25. The highest BCUT2D eigenvalue weighted by molar-refractivity contribution is 5.73. The van der Waals surface area contributed by atoms with E-state index in [1.54, 1.807) is 0 Å². The largest absolute Gasteiger partial charge is 0.480 e. The molecule has 1 aromatic carbocycles. The van der Waals surface area contributed by atoms with E-state index in [1.807, 2.05) is 45.6 Å². The van der Waals surface area contributed by atoms with Crippen LogP contribution in [0.5, 0.6) is 0 Å². The van der Waals surface area contributed by atoms with Crippen LogP contribution in [0.15, 0.2) is 24.3 Å². The van der Waals surface area contributed by atoms with Crippen molar-refractivity contribution in [3.63, 3.8) is 0 Å². The zero-order chi connectivity index (χ0) is 17.3. The number of aliphatic carboxylic acids is 1. The molecule has 1 atom stereocenters. The van der Waals surface area contributed by atoms with E-state index in [0.29, 0.717) is 6.42 Å². The molecule has 21 heavy (non-hydrogen) atoms. The standard InChI is InChI=1S/C12H17NO2.C2H6.2CH2O/c1-2-4-9-5-3-6-10(7-9)8-11(13)12(14)15;3*1-2/h3,5-7,11H,2,4,8,13H2,1H3,(H,14,15);1-2H3;2*1H2. The molecule has 1 aromatic rings. The first-order valence-corrected chi connectivity index (χ1v) is 6.77. The molecule has 0 saturated heterocycles. The number of carbonyl (C=O) groups is 3. The van der Waals surface area contributed by atoms with E-state index < -0.39 is 12.0 Å². The quantitative estimate of drug-likeness (QED) is 0.868. The Kier molecular flexibility index (Phi) is 20.6. The Morgan fingerprint density at radius 3 is 2.10 bits per heavy atom. The minimum Gasteiger partial charge on any atom is -0.480 e. The maximum atomic E-state index is 10.6. The minimum atomic E-state index is -0.948. The van der Waals surface area contributed by atoms with Crippen molar-refractivity contribution in [2.24, 2.45) is 5.73 Å². The Morgan fingerprint density at radius 2 is 1.67 bits per heavy atom. The second kappa shape index (κ2) is 18.0. The first-order chi connectivity index (χ1) is 10.1. The highest BCUT2D eigenvalue weighted by Gasteiger charge is 2.11. The Morgan fingerprint density at radius 1 is 1.19 bits per heavy atom. The van der Waals surface area contributed by atoms with Gasteiger partial charge in [-0.15, -0.1) is 0 Å². The van der Waals surface area contributed by atoms with Crippen LogP contribution in [-0.2, 0) is 27.2 Å². The van der Waals surface area contributed by atoms with Gasteiger partial charge in [-0.25, -0.2) is 0 Å². The molecule has 0 radical (unpaired) electrons. The first kappa shape index (κ1) is 24.0. The van der Waals surface area contributed by atoms with E-state index in [-0.39, 0.29) is 0 Å². The third-order valence-corrected chi connectivity index (χ3v) is 2.30. The fourth-order valence-corrected chi connectivity index (χ4v) is 1.54. The molecule has 1 rings (SSSR count). The van der Waals surface area contributed by atoms with Crippen LogP contribution in [0, 0.1) is 0 Å². The van der Waals surface area contributed by atoms with Crippen LogP contribution < -0.4 is 5.73 Å². The molecule has 0 aliphatic rings. The van der Waals surface area contributed by atoms with Gasteiger partial charge in [-0.1, -0.05) is 51.5 Å². The SMILES string of the molecule is C=O.C=O.CC.CCCc1cccc(CC(N)C(=O)O)c1. The molecule has 5 heteroatoms. The molecule has 0 fully saturated rings. The first-order valence-electron chi connectivity index (χ1n) is 6.77. The molecule has 0 saturated carbocycles. The summed E-state index contributed by atoms with van der Waals surface area (Å²) in [6.45, 7) is 10.1. The summed E-state index contributed by atoms with van der Waals surface area (Å²) in [5.41, 5.74) is 7.71. The van der Waals surface area contributed by atoms with Crippen molar-refractivity contribution in [3.05, 3.63) is 35.4 Å². The Hall–Kier alpha value is -2.01. The Bertz CT molecular complexity index is 367. The number of aryl methyl sites for hydroxylation is 1. The van der Waals surface area contributed by atoms with Crippen LogP contribution in [0.25, 0.3) is 0 Å². The van der Waals surface area contributed by atoms with Crippen LogP contribution in [0.3, 0.4) is 0 Å². The minimum absolute atomic E-state index is 0.396. The summed E-state index contributed by atoms with van der Waals surface area (Å²) in [6.07, 6.45) is 2.51. The highest BCUT2D eigenvalue weighted by atomic mass is 16.4. The highest BCUT2D eigenvalue weighted by Crippen LogP contribution is 2.09. The van der Waals surface area contributed by atoms with Crippen molar-refractivity contribution in [1.29, 1.82) is 0 Å². The third-order valence-electron chi connectivity index (χ3n) is 2.30. The maximum Gasteiger partial charge on any atom is 0.320 e. The van der Waals surface area contributed by atoms with Gasteiger partial charge >= 0.3 is 5.97 Å². The number of carboxylic acids is 1. The average molecular weight is 297 g/mol. The molecule has 3 N–H and O–H groups in total. The normalized spacial score (nSPS) is 9.52. The van der Waals surface area contributed by atoms with Crippen LogP contribution >= 0.6 is 0 Å². The molecule has 0 heterocycles. The van der Waals surface area contributed by atoms with Crippen LogP contribution in [-0.4, -0.2) is 30.7 Å². The topological polar surface area (TPSA) is 97.5 Å². The summed E-state index contributed by atoms with van der Waals surface area (Å²) >= 11 is 0. The summed E-state index contributed by atoms with van der Waals surface area (Å²) in [7, 11) is 0. The van der Waals surface area contributed by atoms with E-state index >= 15 is 0 Å². The number of carbonyl (C=O) groups excluding carboxylic acids is 2. The molecule has 0 aliphatic heterocycles. The van der Waals surface area contributed by atoms with Gasteiger partial charge in [0.15, 0.2) is 0 Å². The predicted molar refractivity (Wildman–Crippen MR) is 85.3 cm³/mol. The lowest BCUT2D eigenvalue weighted by molar-refractivity contribution is -0.138. The summed E-state index contributed by atoms with van der Waals surface area (Å²) < 4.78 is 0. The Labute approximate surface area is 127 Å². The molecule has 1 unspecified atom stereocenters. The number of carboxylic acid groups (broad SMARTS) is 1. The summed E-state index contributed by atoms with van der Waals surface area (Å²) in [6, 6.07) is 7.16. The second-order valence-electron chi connectivity index (χ2n) is 3.72. The van der Waals surface area contributed by atoms with E-state index in [9.17, 15) is 4.79 Å². The maximum absolute atomic E-state index is 10.6. The van der Waals surface area contributed by atoms with Crippen molar-refractivity contribution in [3.8, 4) is 0 Å². The van der Waals surface area contributed by atoms with Gasteiger partial charge < -0.3 is 20.4 Å². The van der Waals surface area contributed by atoms with Gasteiger partial charge in [-0.2, -0.15) is 0 Å². The zero-order valence-electron chi connectivity index (χ0n) is 13.2. The fourth-order valence-electron chi connectivity index (χ4n) is 1.54. The molecular formula is C16H27NO4. The molecule has 0 bridgehead atoms. The monoisotopic (exact) mass is 297 g/mol. The zero-order valence-corrected chi connectivity index (χ0v) is 13.2. The number of hydrogen-bond donors (Lipinski definition) is 2. The molecule has 0 aliphatic carbocycles.